The molecule has 0 spiro atoms. The van der Waals surface area contributed by atoms with E-state index in [2.05, 4.69) is 10.3 Å². The fraction of sp³-hybridized carbons (Fsp3) is 0.500. The molecule has 0 aromatic carbocycles. The van der Waals surface area contributed by atoms with Gasteiger partial charge in [0.15, 0.2) is 0 Å². The van der Waals surface area contributed by atoms with Crippen LogP contribution in [0.3, 0.4) is 0 Å². The van der Waals surface area contributed by atoms with Gasteiger partial charge in [-0.3, -0.25) is 4.79 Å². The van der Waals surface area contributed by atoms with Crippen LogP contribution in [0.2, 0.25) is 0 Å². The molecule has 4 nitrogen and oxygen atoms in total. The predicted octanol–water partition coefficient (Wildman–Crippen LogP) is 1.42. The average molecular weight is 253 g/mol. The minimum atomic E-state index is -0.606. The second kappa shape index (κ2) is 6.61. The van der Waals surface area contributed by atoms with Gasteiger partial charge in [-0.2, -0.15) is 0 Å². The van der Waals surface area contributed by atoms with Crippen molar-refractivity contribution in [1.29, 1.82) is 0 Å². The molecular weight excluding hydrogens is 234 g/mol. The van der Waals surface area contributed by atoms with Crippen molar-refractivity contribution in [2.24, 2.45) is 5.73 Å². The summed E-state index contributed by atoms with van der Waals surface area (Å²) in [5.41, 5.74) is 4.75. The molecule has 0 fully saturated rings. The summed E-state index contributed by atoms with van der Waals surface area (Å²) >= 11 is 1.69. The minimum Gasteiger partial charge on any atom is -0.368 e. The number of nitrogens with one attached hydrogen (secondary N) is 1. The summed E-state index contributed by atoms with van der Waals surface area (Å²) in [6, 6.07) is 5.85. The second-order valence-corrected chi connectivity index (χ2v) is 5.18. The number of nitrogens with two attached hydrogens (primary N) is 1. The van der Waals surface area contributed by atoms with Crippen LogP contribution in [0.15, 0.2) is 29.4 Å². The molecule has 1 aromatic rings. The highest BCUT2D eigenvalue weighted by Gasteiger charge is 2.27. The Hall–Kier alpha value is -1.07. The summed E-state index contributed by atoms with van der Waals surface area (Å²) in [6.07, 6.45) is 3.43. The first kappa shape index (κ1) is 14.0. The highest BCUT2D eigenvalue weighted by molar-refractivity contribution is 7.99. The molecule has 17 heavy (non-hydrogen) atoms. The van der Waals surface area contributed by atoms with E-state index in [1.54, 1.807) is 25.0 Å². The zero-order valence-electron chi connectivity index (χ0n) is 10.3. The molecular formula is C12H19N3OS. The molecule has 1 atom stereocenters. The van der Waals surface area contributed by atoms with Crippen LogP contribution >= 0.6 is 11.8 Å². The summed E-state index contributed by atoms with van der Waals surface area (Å²) < 4.78 is 0. The Kier molecular flexibility index (Phi) is 5.44. The van der Waals surface area contributed by atoms with Gasteiger partial charge in [-0.25, -0.2) is 4.98 Å². The van der Waals surface area contributed by atoms with E-state index >= 15 is 0 Å². The van der Waals surface area contributed by atoms with Crippen LogP contribution in [0.5, 0.6) is 0 Å². The van der Waals surface area contributed by atoms with Crippen molar-refractivity contribution < 1.29 is 4.79 Å². The summed E-state index contributed by atoms with van der Waals surface area (Å²) in [6.45, 7) is 1.83. The van der Waals surface area contributed by atoms with Crippen molar-refractivity contribution in [3.8, 4) is 0 Å². The standard InChI is InChI=1S/C12H19N3OS/c1-12(14-2,11(13)16)7-5-9-17-10-6-3-4-8-15-10/h3-4,6,8,14H,5,7,9H2,1-2H3,(H2,13,16). The van der Waals surface area contributed by atoms with Gasteiger partial charge in [0, 0.05) is 6.20 Å². The topological polar surface area (TPSA) is 68.0 Å². The van der Waals surface area contributed by atoms with Gasteiger partial charge < -0.3 is 11.1 Å². The van der Waals surface area contributed by atoms with Crippen LogP contribution in [0, 0.1) is 0 Å². The highest BCUT2D eigenvalue weighted by atomic mass is 32.2. The lowest BCUT2D eigenvalue weighted by atomic mass is 9.96. The van der Waals surface area contributed by atoms with E-state index in [1.165, 1.54) is 0 Å². The van der Waals surface area contributed by atoms with Gasteiger partial charge in [0.1, 0.15) is 0 Å². The Labute approximate surface area is 106 Å². The first-order valence-corrected chi connectivity index (χ1v) is 6.60. The van der Waals surface area contributed by atoms with Crippen LogP contribution in [-0.2, 0) is 4.79 Å². The number of likely N-dealkylation sites (N-methyl/N-ethyl adjacent to an activating group) is 1. The third-order valence-corrected chi connectivity index (χ3v) is 3.83. The van der Waals surface area contributed by atoms with Gasteiger partial charge in [0.25, 0.3) is 0 Å². The maximum atomic E-state index is 11.3. The molecule has 0 aliphatic rings. The lowest BCUT2D eigenvalue weighted by Crippen LogP contribution is -2.51. The Morgan fingerprint density at radius 1 is 1.59 bits per heavy atom. The Morgan fingerprint density at radius 2 is 2.35 bits per heavy atom. The zero-order valence-corrected chi connectivity index (χ0v) is 11.1. The van der Waals surface area contributed by atoms with Gasteiger partial charge in [-0.05, 0) is 44.7 Å². The number of nitrogens with zero attached hydrogens (tertiary/aromatic N) is 1. The number of hydrogen-bond donors (Lipinski definition) is 2. The highest BCUT2D eigenvalue weighted by Crippen LogP contribution is 2.19. The van der Waals surface area contributed by atoms with E-state index in [-0.39, 0.29) is 5.91 Å². The van der Waals surface area contributed by atoms with Gasteiger partial charge >= 0.3 is 0 Å². The number of aromatic nitrogens is 1. The van der Waals surface area contributed by atoms with Gasteiger partial charge in [0.05, 0.1) is 10.6 Å². The molecule has 0 saturated heterocycles. The molecule has 0 bridgehead atoms. The first-order chi connectivity index (χ1) is 8.08. The second-order valence-electron chi connectivity index (χ2n) is 4.07. The van der Waals surface area contributed by atoms with E-state index in [0.717, 1.165) is 23.6 Å². The number of hydrogen-bond acceptors (Lipinski definition) is 4. The number of amides is 1. The average Bonchev–Trinajstić information content (AvgIpc) is 2.35. The Morgan fingerprint density at radius 3 is 2.88 bits per heavy atom. The lowest BCUT2D eigenvalue weighted by molar-refractivity contribution is -0.123. The lowest BCUT2D eigenvalue weighted by Gasteiger charge is -2.25. The summed E-state index contributed by atoms with van der Waals surface area (Å²) in [7, 11) is 1.76. The molecule has 1 rings (SSSR count). The molecule has 1 unspecified atom stereocenters. The quantitative estimate of drug-likeness (QED) is 0.569. The number of primary amides is 1. The predicted molar refractivity (Wildman–Crippen MR) is 70.9 cm³/mol. The normalized spacial score (nSPS) is 14.2. The SMILES string of the molecule is CNC(C)(CCCSc1ccccn1)C(N)=O. The molecule has 1 heterocycles. The van der Waals surface area contributed by atoms with Crippen molar-refractivity contribution in [3.63, 3.8) is 0 Å². The first-order valence-electron chi connectivity index (χ1n) is 5.61. The van der Waals surface area contributed by atoms with Crippen LogP contribution < -0.4 is 11.1 Å². The van der Waals surface area contributed by atoms with Crippen molar-refractivity contribution in [2.45, 2.75) is 30.3 Å². The summed E-state index contributed by atoms with van der Waals surface area (Å²) in [4.78, 5) is 15.5. The zero-order chi connectivity index (χ0) is 12.7. The van der Waals surface area contributed by atoms with Crippen molar-refractivity contribution >= 4 is 17.7 Å². The van der Waals surface area contributed by atoms with Gasteiger partial charge in [-0.1, -0.05) is 6.07 Å². The van der Waals surface area contributed by atoms with Crippen molar-refractivity contribution in [3.05, 3.63) is 24.4 Å². The molecule has 0 aliphatic carbocycles. The Bertz CT molecular complexity index is 358. The van der Waals surface area contributed by atoms with Crippen LogP contribution in [-0.4, -0.2) is 29.2 Å². The number of carbonyl (C=O) groups is 1. The monoisotopic (exact) mass is 253 g/mol. The molecule has 0 saturated carbocycles. The Balaban J connectivity index is 2.31. The van der Waals surface area contributed by atoms with Crippen LogP contribution in [0.1, 0.15) is 19.8 Å². The molecule has 1 aromatic heterocycles. The van der Waals surface area contributed by atoms with E-state index in [4.69, 9.17) is 5.73 Å². The number of pyridine rings is 1. The van der Waals surface area contributed by atoms with Gasteiger partial charge in [0.2, 0.25) is 5.91 Å². The number of carbonyl (C=O) groups excluding carboxylic acids is 1. The maximum absolute atomic E-state index is 11.3. The molecule has 5 heteroatoms. The van der Waals surface area contributed by atoms with Crippen molar-refractivity contribution in [2.75, 3.05) is 12.8 Å². The van der Waals surface area contributed by atoms with E-state index < -0.39 is 5.54 Å². The summed E-state index contributed by atoms with van der Waals surface area (Å²) in [5, 5.41) is 3.99. The van der Waals surface area contributed by atoms with Crippen molar-refractivity contribution in [1.82, 2.24) is 10.3 Å². The third kappa shape index (κ3) is 4.36. The van der Waals surface area contributed by atoms with E-state index in [9.17, 15) is 4.79 Å². The number of thioether (sulfide) groups is 1. The number of rotatable bonds is 7. The maximum Gasteiger partial charge on any atom is 0.237 e. The molecule has 0 aliphatic heterocycles. The van der Waals surface area contributed by atoms with Crippen LogP contribution in [0.25, 0.3) is 0 Å². The third-order valence-electron chi connectivity index (χ3n) is 2.80. The van der Waals surface area contributed by atoms with E-state index in [0.29, 0.717) is 0 Å². The molecule has 1 amide bonds. The fourth-order valence-electron chi connectivity index (χ4n) is 1.41. The molecule has 3 N–H and O–H groups in total. The molecule has 94 valence electrons. The largest absolute Gasteiger partial charge is 0.368 e. The van der Waals surface area contributed by atoms with E-state index in [1.807, 2.05) is 25.1 Å². The smallest absolute Gasteiger partial charge is 0.237 e. The molecule has 0 radical (unpaired) electrons. The fourth-order valence-corrected chi connectivity index (χ4v) is 2.21. The minimum absolute atomic E-state index is 0.303. The van der Waals surface area contributed by atoms with Crippen LogP contribution in [0.4, 0.5) is 0 Å². The summed E-state index contributed by atoms with van der Waals surface area (Å²) in [5.74, 6) is 0.629. The van der Waals surface area contributed by atoms with Gasteiger partial charge in [-0.15, -0.1) is 11.8 Å².